The van der Waals surface area contributed by atoms with Gasteiger partial charge in [-0.05, 0) is 43.4 Å². The Kier molecular flexibility index (Phi) is 5.81. The Morgan fingerprint density at radius 2 is 2.11 bits per heavy atom. The van der Waals surface area contributed by atoms with Crippen molar-refractivity contribution in [3.63, 3.8) is 0 Å². The Morgan fingerprint density at radius 1 is 1.18 bits per heavy atom. The molecule has 1 aliphatic carbocycles. The van der Waals surface area contributed by atoms with Gasteiger partial charge in [-0.2, -0.15) is 0 Å². The number of hydrogen-bond donors (Lipinski definition) is 0. The van der Waals surface area contributed by atoms with Crippen LogP contribution in [-0.2, 0) is 6.54 Å². The molecule has 1 aliphatic heterocycles. The number of aromatic nitrogens is 1. The molecule has 4 rings (SSSR count). The first kappa shape index (κ1) is 18.8. The number of rotatable bonds is 5. The van der Waals surface area contributed by atoms with Gasteiger partial charge in [0.1, 0.15) is 6.61 Å². The Morgan fingerprint density at radius 3 is 2.89 bits per heavy atom. The third kappa shape index (κ3) is 4.14. The van der Waals surface area contributed by atoms with E-state index in [2.05, 4.69) is 28.1 Å². The highest BCUT2D eigenvalue weighted by Gasteiger charge is 2.23. The lowest BCUT2D eigenvalue weighted by Crippen LogP contribution is -2.31. The molecule has 0 bridgehead atoms. The fraction of sp³-hybridized carbons (Fsp3) is 0.435. The molecule has 2 heterocycles. The van der Waals surface area contributed by atoms with Crippen molar-refractivity contribution < 1.29 is 14.2 Å². The summed E-state index contributed by atoms with van der Waals surface area (Å²) in [6.07, 6.45) is 8.28. The van der Waals surface area contributed by atoms with E-state index in [-0.39, 0.29) is 0 Å². The van der Waals surface area contributed by atoms with Crippen LogP contribution in [0.4, 0.5) is 0 Å². The molecule has 28 heavy (non-hydrogen) atoms. The largest absolute Gasteiger partial charge is 0.493 e. The first-order valence-corrected chi connectivity index (χ1v) is 9.99. The second kappa shape index (κ2) is 8.65. The average Bonchev–Trinajstić information content (AvgIpc) is 2.95. The van der Waals surface area contributed by atoms with Crippen molar-refractivity contribution in [1.82, 2.24) is 9.88 Å². The second-order valence-corrected chi connectivity index (χ2v) is 7.47. The zero-order valence-corrected chi connectivity index (χ0v) is 16.7. The van der Waals surface area contributed by atoms with E-state index < -0.39 is 0 Å². The normalized spacial score (nSPS) is 19.4. The summed E-state index contributed by atoms with van der Waals surface area (Å²) in [5, 5.41) is 0. The van der Waals surface area contributed by atoms with E-state index in [1.54, 1.807) is 14.2 Å². The third-order valence-corrected chi connectivity index (χ3v) is 5.52. The average molecular weight is 380 g/mol. The highest BCUT2D eigenvalue weighted by molar-refractivity contribution is 5.67. The van der Waals surface area contributed by atoms with E-state index in [9.17, 15) is 0 Å². The van der Waals surface area contributed by atoms with E-state index >= 15 is 0 Å². The molecule has 5 heteroatoms. The van der Waals surface area contributed by atoms with Crippen molar-refractivity contribution in [2.24, 2.45) is 5.92 Å². The minimum Gasteiger partial charge on any atom is -0.493 e. The maximum Gasteiger partial charge on any atom is 0.213 e. The Labute approximate surface area is 166 Å². The summed E-state index contributed by atoms with van der Waals surface area (Å²) >= 11 is 0. The lowest BCUT2D eigenvalue weighted by molar-refractivity contribution is 0.191. The summed E-state index contributed by atoms with van der Waals surface area (Å²) in [5.41, 5.74) is 3.04. The van der Waals surface area contributed by atoms with Crippen LogP contribution < -0.4 is 14.2 Å². The number of allylic oxidation sites excluding steroid dienone is 2. The molecular weight excluding hydrogens is 352 g/mol. The molecule has 0 saturated heterocycles. The summed E-state index contributed by atoms with van der Waals surface area (Å²) in [5.74, 6) is 2.96. The minimum absolute atomic E-state index is 0.606. The van der Waals surface area contributed by atoms with Crippen LogP contribution in [0.25, 0.3) is 11.3 Å². The molecule has 1 aromatic heterocycles. The van der Waals surface area contributed by atoms with Gasteiger partial charge in [0, 0.05) is 36.8 Å². The fourth-order valence-corrected chi connectivity index (χ4v) is 4.07. The number of nitrogens with zero attached hydrogens (tertiary/aromatic N) is 2. The summed E-state index contributed by atoms with van der Waals surface area (Å²) in [6, 6.07) is 9.99. The first-order valence-electron chi connectivity index (χ1n) is 9.99. The molecule has 0 amide bonds. The maximum absolute atomic E-state index is 6.10. The van der Waals surface area contributed by atoms with Crippen LogP contribution in [0.15, 0.2) is 42.5 Å². The smallest absolute Gasteiger partial charge is 0.213 e. The molecule has 0 spiro atoms. The highest BCUT2D eigenvalue weighted by Crippen LogP contribution is 2.38. The van der Waals surface area contributed by atoms with Crippen molar-refractivity contribution in [3.8, 4) is 28.6 Å². The topological polar surface area (TPSA) is 43.8 Å². The van der Waals surface area contributed by atoms with Crippen LogP contribution >= 0.6 is 0 Å². The molecule has 5 nitrogen and oxygen atoms in total. The lowest BCUT2D eigenvalue weighted by atomic mass is 9.93. The zero-order valence-electron chi connectivity index (χ0n) is 16.7. The Bertz CT molecular complexity index is 850. The van der Waals surface area contributed by atoms with Gasteiger partial charge in [0.2, 0.25) is 5.88 Å². The van der Waals surface area contributed by atoms with Gasteiger partial charge >= 0.3 is 0 Å². The van der Waals surface area contributed by atoms with E-state index in [0.29, 0.717) is 12.5 Å². The number of hydrogen-bond acceptors (Lipinski definition) is 5. The first-order chi connectivity index (χ1) is 13.8. The van der Waals surface area contributed by atoms with Gasteiger partial charge in [-0.15, -0.1) is 0 Å². The van der Waals surface area contributed by atoms with Crippen molar-refractivity contribution >= 4 is 0 Å². The van der Waals surface area contributed by atoms with Crippen molar-refractivity contribution in [3.05, 3.63) is 48.0 Å². The molecule has 0 unspecified atom stereocenters. The molecule has 148 valence electrons. The monoisotopic (exact) mass is 380 g/mol. The molecule has 2 aromatic rings. The Hall–Kier alpha value is -2.53. The molecule has 0 fully saturated rings. The minimum atomic E-state index is 0.606. The molecule has 0 N–H and O–H groups in total. The van der Waals surface area contributed by atoms with Crippen molar-refractivity contribution in [1.29, 1.82) is 0 Å². The molecule has 1 aromatic carbocycles. The number of ether oxygens (including phenoxy) is 3. The van der Waals surface area contributed by atoms with Gasteiger partial charge in [0.15, 0.2) is 11.5 Å². The van der Waals surface area contributed by atoms with E-state index in [1.807, 2.05) is 24.3 Å². The van der Waals surface area contributed by atoms with Gasteiger partial charge < -0.3 is 14.2 Å². The van der Waals surface area contributed by atoms with Crippen LogP contribution in [0.5, 0.6) is 17.4 Å². The van der Waals surface area contributed by atoms with Gasteiger partial charge in [-0.3, -0.25) is 4.90 Å². The van der Waals surface area contributed by atoms with Gasteiger partial charge in [-0.25, -0.2) is 4.98 Å². The summed E-state index contributed by atoms with van der Waals surface area (Å²) < 4.78 is 17.0. The number of methoxy groups -OCH3 is 2. The summed E-state index contributed by atoms with van der Waals surface area (Å²) in [6.45, 7) is 3.59. The molecule has 1 atom stereocenters. The van der Waals surface area contributed by atoms with Gasteiger partial charge in [0.25, 0.3) is 0 Å². The predicted molar refractivity (Wildman–Crippen MR) is 110 cm³/mol. The molecule has 0 saturated carbocycles. The van der Waals surface area contributed by atoms with E-state index in [4.69, 9.17) is 14.2 Å². The molecular formula is C23H28N2O3. The second-order valence-electron chi connectivity index (χ2n) is 7.47. The summed E-state index contributed by atoms with van der Waals surface area (Å²) in [7, 11) is 3.33. The zero-order chi connectivity index (χ0) is 19.3. The van der Waals surface area contributed by atoms with Crippen LogP contribution in [0.3, 0.4) is 0 Å². The van der Waals surface area contributed by atoms with Crippen LogP contribution in [0, 0.1) is 5.92 Å². The number of benzene rings is 1. The van der Waals surface area contributed by atoms with Gasteiger partial charge in [-0.1, -0.05) is 18.2 Å². The van der Waals surface area contributed by atoms with Crippen molar-refractivity contribution in [2.75, 3.05) is 33.9 Å². The van der Waals surface area contributed by atoms with Crippen LogP contribution in [0.1, 0.15) is 24.8 Å². The molecule has 0 radical (unpaired) electrons. The fourth-order valence-electron chi connectivity index (χ4n) is 4.07. The number of pyridine rings is 1. The standard InChI is InChI=1S/C23H28N2O3/c1-26-21-14-18(20-9-6-10-22(24-20)27-2)13-19-16-25(11-12-28-23(19)21)15-17-7-4-3-5-8-17/h3-4,6,9-10,13-14,17H,5,7-8,11-12,15-16H2,1-2H3/t17-/m0/s1. The van der Waals surface area contributed by atoms with E-state index in [0.717, 1.165) is 53.9 Å². The Balaban J connectivity index is 1.63. The number of fused-ring (bicyclic) bond motifs is 1. The molecule has 2 aliphatic rings. The van der Waals surface area contributed by atoms with Crippen molar-refractivity contribution in [2.45, 2.75) is 25.8 Å². The maximum atomic E-state index is 6.10. The van der Waals surface area contributed by atoms with Crippen LogP contribution in [0.2, 0.25) is 0 Å². The highest BCUT2D eigenvalue weighted by atomic mass is 16.5. The lowest BCUT2D eigenvalue weighted by Gasteiger charge is -2.26. The predicted octanol–water partition coefficient (Wildman–Crippen LogP) is 4.32. The van der Waals surface area contributed by atoms with E-state index in [1.165, 1.54) is 19.3 Å². The quantitative estimate of drug-likeness (QED) is 0.723. The van der Waals surface area contributed by atoms with Crippen LogP contribution in [-0.4, -0.2) is 43.8 Å². The summed E-state index contributed by atoms with van der Waals surface area (Å²) in [4.78, 5) is 7.09. The third-order valence-electron chi connectivity index (χ3n) is 5.52. The SMILES string of the molecule is COc1cccc(-c2cc3c(c(OC)c2)OCCN(C[C@H]2CC=CCC2)C3)n1. The van der Waals surface area contributed by atoms with Gasteiger partial charge in [0.05, 0.1) is 19.9 Å².